The summed E-state index contributed by atoms with van der Waals surface area (Å²) in [6.45, 7) is 1.83. The molecule has 0 aliphatic heterocycles. The minimum atomic E-state index is -0.553. The van der Waals surface area contributed by atoms with Crippen LogP contribution in [0.5, 0.6) is 0 Å². The molecule has 2 aromatic carbocycles. The van der Waals surface area contributed by atoms with Crippen molar-refractivity contribution in [1.82, 2.24) is 10.6 Å². The van der Waals surface area contributed by atoms with Crippen molar-refractivity contribution < 1.29 is 19.1 Å². The van der Waals surface area contributed by atoms with Gasteiger partial charge >= 0.3 is 5.97 Å². The number of esters is 1. The highest BCUT2D eigenvalue weighted by Crippen LogP contribution is 2.23. The van der Waals surface area contributed by atoms with Crippen LogP contribution in [-0.4, -0.2) is 30.4 Å². The number of nitrogens with one attached hydrogen (secondary N) is 2. The first-order chi connectivity index (χ1) is 15.0. The third-order valence-corrected chi connectivity index (χ3v) is 5.74. The Kier molecular flexibility index (Phi) is 8.21. The smallest absolute Gasteiger partial charge is 0.308 e. The Hall–Kier alpha value is -3.15. The topological polar surface area (TPSA) is 84.5 Å². The van der Waals surface area contributed by atoms with E-state index in [1.165, 1.54) is 6.42 Å². The first-order valence-corrected chi connectivity index (χ1v) is 10.9. The number of benzene rings is 2. The van der Waals surface area contributed by atoms with Gasteiger partial charge in [0.25, 0.3) is 11.8 Å². The van der Waals surface area contributed by atoms with Crippen LogP contribution >= 0.6 is 0 Å². The van der Waals surface area contributed by atoms with Gasteiger partial charge < -0.3 is 15.4 Å². The molecule has 1 aliphatic carbocycles. The molecule has 1 fully saturated rings. The van der Waals surface area contributed by atoms with E-state index in [9.17, 15) is 14.4 Å². The number of ether oxygens (including phenoxy) is 1. The van der Waals surface area contributed by atoms with E-state index in [0.717, 1.165) is 24.8 Å². The molecule has 0 saturated heterocycles. The average molecular weight is 423 g/mol. The Bertz CT molecular complexity index is 870. The highest BCUT2D eigenvalue weighted by Gasteiger charge is 2.24. The van der Waals surface area contributed by atoms with Gasteiger partial charge in [-0.05, 0) is 36.5 Å². The lowest BCUT2D eigenvalue weighted by atomic mass is 9.86. The minimum absolute atomic E-state index is 0.0598. The second kappa shape index (κ2) is 11.3. The van der Waals surface area contributed by atoms with Crippen LogP contribution in [-0.2, 0) is 14.3 Å². The fourth-order valence-electron chi connectivity index (χ4n) is 3.92. The number of carbonyl (C=O) groups is 3. The van der Waals surface area contributed by atoms with E-state index < -0.39 is 12.0 Å². The minimum Gasteiger partial charge on any atom is -0.456 e. The van der Waals surface area contributed by atoms with Crippen molar-refractivity contribution in [2.75, 3.05) is 6.61 Å². The Morgan fingerprint density at radius 3 is 2.29 bits per heavy atom. The lowest BCUT2D eigenvalue weighted by molar-refractivity contribution is -0.149. The molecule has 3 atom stereocenters. The van der Waals surface area contributed by atoms with Crippen molar-refractivity contribution in [1.29, 1.82) is 0 Å². The van der Waals surface area contributed by atoms with Gasteiger partial charge in [-0.2, -0.15) is 0 Å². The van der Waals surface area contributed by atoms with Gasteiger partial charge in [0.2, 0.25) is 0 Å². The summed E-state index contributed by atoms with van der Waals surface area (Å²) >= 11 is 0. The Labute approximate surface area is 183 Å². The summed E-state index contributed by atoms with van der Waals surface area (Å²) in [6, 6.07) is 17.7. The molecular weight excluding hydrogens is 392 g/mol. The molecule has 0 radical (unpaired) electrons. The van der Waals surface area contributed by atoms with Crippen LogP contribution in [0.25, 0.3) is 0 Å². The number of hydrogen-bond acceptors (Lipinski definition) is 4. The third kappa shape index (κ3) is 6.95. The van der Waals surface area contributed by atoms with E-state index in [-0.39, 0.29) is 30.9 Å². The molecule has 0 aromatic heterocycles. The second-order valence-electron chi connectivity index (χ2n) is 8.10. The van der Waals surface area contributed by atoms with Gasteiger partial charge in [0.15, 0.2) is 6.61 Å². The standard InChI is InChI=1S/C25H30N2O4/c1-18-10-8-9-15-21(18)26-23(28)17-31-24(29)16-22(19-11-4-2-5-12-19)27-25(30)20-13-6-3-7-14-20/h2-7,11-14,18,21-22H,8-10,15-17H2,1H3,(H,26,28)(H,27,30)/t18-,21+,22+/m0/s1. The molecule has 6 heteroatoms. The monoisotopic (exact) mass is 422 g/mol. The van der Waals surface area contributed by atoms with Crippen molar-refractivity contribution in [2.24, 2.45) is 5.92 Å². The largest absolute Gasteiger partial charge is 0.456 e. The predicted molar refractivity (Wildman–Crippen MR) is 118 cm³/mol. The number of rotatable bonds is 8. The van der Waals surface area contributed by atoms with Crippen LogP contribution < -0.4 is 10.6 Å². The van der Waals surface area contributed by atoms with Gasteiger partial charge in [-0.1, -0.05) is 68.3 Å². The van der Waals surface area contributed by atoms with E-state index >= 15 is 0 Å². The highest BCUT2D eigenvalue weighted by atomic mass is 16.5. The third-order valence-electron chi connectivity index (χ3n) is 5.74. The molecule has 6 nitrogen and oxygen atoms in total. The molecule has 0 bridgehead atoms. The zero-order valence-corrected chi connectivity index (χ0v) is 17.9. The molecule has 1 aliphatic rings. The normalized spacial score (nSPS) is 19.1. The number of carbonyl (C=O) groups excluding carboxylic acids is 3. The molecule has 164 valence electrons. The molecule has 0 heterocycles. The average Bonchev–Trinajstić information content (AvgIpc) is 2.80. The van der Waals surface area contributed by atoms with Crippen LogP contribution in [0.15, 0.2) is 60.7 Å². The maximum absolute atomic E-state index is 12.6. The molecule has 0 unspecified atom stereocenters. The molecule has 31 heavy (non-hydrogen) atoms. The van der Waals surface area contributed by atoms with Gasteiger partial charge in [-0.3, -0.25) is 14.4 Å². The van der Waals surface area contributed by atoms with E-state index in [2.05, 4.69) is 17.6 Å². The van der Waals surface area contributed by atoms with Crippen LogP contribution in [0.2, 0.25) is 0 Å². The van der Waals surface area contributed by atoms with E-state index in [1.807, 2.05) is 36.4 Å². The SMILES string of the molecule is C[C@H]1CCCC[C@H]1NC(=O)COC(=O)C[C@@H](NC(=O)c1ccccc1)c1ccccc1. The molecule has 0 spiro atoms. The fourth-order valence-corrected chi connectivity index (χ4v) is 3.92. The second-order valence-corrected chi connectivity index (χ2v) is 8.10. The molecule has 3 rings (SSSR count). The summed E-state index contributed by atoms with van der Waals surface area (Å²) in [7, 11) is 0. The molecule has 1 saturated carbocycles. The number of hydrogen-bond donors (Lipinski definition) is 2. The summed E-state index contributed by atoms with van der Waals surface area (Å²) in [5, 5.41) is 5.88. The molecule has 2 amide bonds. The van der Waals surface area contributed by atoms with Crippen LogP contribution in [0.1, 0.15) is 61.0 Å². The summed E-state index contributed by atoms with van der Waals surface area (Å²) in [4.78, 5) is 37.3. The zero-order chi connectivity index (χ0) is 22.1. The summed E-state index contributed by atoms with van der Waals surface area (Å²) in [5.74, 6) is -0.652. The van der Waals surface area contributed by atoms with Crippen molar-refractivity contribution in [3.63, 3.8) is 0 Å². The summed E-state index contributed by atoms with van der Waals surface area (Å²) < 4.78 is 5.22. The Morgan fingerprint density at radius 1 is 0.968 bits per heavy atom. The van der Waals surface area contributed by atoms with Crippen molar-refractivity contribution in [3.8, 4) is 0 Å². The molecule has 2 aromatic rings. The van der Waals surface area contributed by atoms with Crippen LogP contribution in [0.4, 0.5) is 0 Å². The number of amides is 2. The lowest BCUT2D eigenvalue weighted by Crippen LogP contribution is -2.43. The van der Waals surface area contributed by atoms with Gasteiger partial charge in [-0.25, -0.2) is 0 Å². The Morgan fingerprint density at radius 2 is 1.61 bits per heavy atom. The van der Waals surface area contributed by atoms with Crippen LogP contribution in [0.3, 0.4) is 0 Å². The van der Waals surface area contributed by atoms with E-state index in [1.54, 1.807) is 24.3 Å². The van der Waals surface area contributed by atoms with Gasteiger partial charge in [0, 0.05) is 11.6 Å². The maximum atomic E-state index is 12.6. The quantitative estimate of drug-likeness (QED) is 0.634. The van der Waals surface area contributed by atoms with Crippen LogP contribution in [0, 0.1) is 5.92 Å². The highest BCUT2D eigenvalue weighted by molar-refractivity contribution is 5.94. The first kappa shape index (κ1) is 22.5. The zero-order valence-electron chi connectivity index (χ0n) is 17.9. The predicted octanol–water partition coefficient (Wildman–Crippen LogP) is 3.79. The lowest BCUT2D eigenvalue weighted by Gasteiger charge is -2.29. The van der Waals surface area contributed by atoms with E-state index in [0.29, 0.717) is 11.5 Å². The maximum Gasteiger partial charge on any atom is 0.308 e. The summed E-state index contributed by atoms with van der Waals surface area (Å²) in [6.07, 6.45) is 4.30. The first-order valence-electron chi connectivity index (χ1n) is 10.9. The van der Waals surface area contributed by atoms with E-state index in [4.69, 9.17) is 4.74 Å². The fraction of sp³-hybridized carbons (Fsp3) is 0.400. The van der Waals surface area contributed by atoms with Gasteiger partial charge in [0.05, 0.1) is 12.5 Å². The van der Waals surface area contributed by atoms with Gasteiger partial charge in [-0.15, -0.1) is 0 Å². The Balaban J connectivity index is 1.55. The summed E-state index contributed by atoms with van der Waals surface area (Å²) in [5.41, 5.74) is 1.31. The molecule has 2 N–H and O–H groups in total. The van der Waals surface area contributed by atoms with Crippen molar-refractivity contribution >= 4 is 17.8 Å². The van der Waals surface area contributed by atoms with Gasteiger partial charge in [0.1, 0.15) is 0 Å². The molecular formula is C25H30N2O4. The van der Waals surface area contributed by atoms with Crippen molar-refractivity contribution in [2.45, 2.75) is 51.1 Å². The van der Waals surface area contributed by atoms with Crippen molar-refractivity contribution in [3.05, 3.63) is 71.8 Å².